The Morgan fingerprint density at radius 3 is 1.91 bits per heavy atom. The molecule has 0 atom stereocenters. The maximum Gasteiger partial charge on any atom is 0.211 e. The molecule has 0 N–H and O–H groups in total. The summed E-state index contributed by atoms with van der Waals surface area (Å²) in [6.45, 7) is 8.89. The lowest BCUT2D eigenvalue weighted by atomic mass is 9.91. The highest BCUT2D eigenvalue weighted by Crippen LogP contribution is 2.44. The molecule has 34 heavy (non-hydrogen) atoms. The molecule has 1 aliphatic heterocycles. The Kier molecular flexibility index (Phi) is 10.3. The second-order valence-electron chi connectivity index (χ2n) is 9.91. The molecule has 0 saturated carbocycles. The van der Waals surface area contributed by atoms with Crippen LogP contribution < -0.4 is 0 Å². The van der Waals surface area contributed by atoms with Crippen molar-refractivity contribution in [2.45, 2.75) is 105 Å². The number of unbranched alkanes of at least 4 members (excludes halogenated alkanes) is 6. The summed E-state index contributed by atoms with van der Waals surface area (Å²) in [5.41, 5.74) is 21.2. The molecule has 2 aromatic carbocycles. The molecule has 0 saturated heterocycles. The average molecular weight is 457 g/mol. The van der Waals surface area contributed by atoms with Crippen LogP contribution in [0.15, 0.2) is 59.7 Å². The Hall–Kier alpha value is -2.48. The van der Waals surface area contributed by atoms with Crippen LogP contribution in [0.3, 0.4) is 0 Å². The first-order valence-corrected chi connectivity index (χ1v) is 13.7. The quantitative estimate of drug-likeness (QED) is 0.199. The molecular weight excluding hydrogens is 412 g/mol. The third-order valence-electron chi connectivity index (χ3n) is 6.95. The van der Waals surface area contributed by atoms with E-state index in [0.29, 0.717) is 0 Å². The first-order chi connectivity index (χ1) is 16.6. The zero-order valence-corrected chi connectivity index (χ0v) is 22.0. The van der Waals surface area contributed by atoms with Crippen molar-refractivity contribution in [1.29, 1.82) is 0 Å². The van der Waals surface area contributed by atoms with E-state index in [1.807, 2.05) is 0 Å². The molecule has 0 fully saturated rings. The third-order valence-corrected chi connectivity index (χ3v) is 6.95. The molecule has 0 bridgehead atoms. The number of benzene rings is 2. The highest BCUT2D eigenvalue weighted by molar-refractivity contribution is 5.82. The van der Waals surface area contributed by atoms with Gasteiger partial charge in [0, 0.05) is 22.3 Å². The highest BCUT2D eigenvalue weighted by atomic mass is 15.2. The zero-order chi connectivity index (χ0) is 24.3. The van der Waals surface area contributed by atoms with Crippen LogP contribution >= 0.6 is 0 Å². The molecule has 0 unspecified atom stereocenters. The van der Waals surface area contributed by atoms with Crippen molar-refractivity contribution < 1.29 is 4.70 Å². The van der Waals surface area contributed by atoms with Crippen molar-refractivity contribution in [3.05, 3.63) is 87.5 Å². The molecule has 182 valence electrons. The Balaban J connectivity index is 2.01. The summed E-state index contributed by atoms with van der Waals surface area (Å²) in [6, 6.07) is 17.5. The first kappa shape index (κ1) is 26.1. The predicted molar refractivity (Wildman–Crippen MR) is 147 cm³/mol. The number of aryl methyl sites for hydroxylation is 2. The van der Waals surface area contributed by atoms with Gasteiger partial charge in [-0.2, -0.15) is 0 Å². The molecule has 0 spiro atoms. The lowest BCUT2D eigenvalue weighted by Gasteiger charge is -2.11. The number of nitrogens with zero attached hydrogens (tertiary/aromatic N) is 2. The molecule has 3 rings (SSSR count). The minimum atomic E-state index is 0.987. The van der Waals surface area contributed by atoms with Crippen molar-refractivity contribution in [3.8, 4) is 0 Å². The van der Waals surface area contributed by atoms with Gasteiger partial charge in [-0.15, -0.1) is 0 Å². The monoisotopic (exact) mass is 456 g/mol. The second kappa shape index (κ2) is 13.4. The first-order valence-electron chi connectivity index (χ1n) is 13.7. The molecule has 0 aromatic heterocycles. The van der Waals surface area contributed by atoms with Gasteiger partial charge in [-0.1, -0.05) is 95.5 Å². The summed E-state index contributed by atoms with van der Waals surface area (Å²) < 4.78 is 1.52. The minimum Gasteiger partial charge on any atom is -0.493 e. The Morgan fingerprint density at radius 1 is 0.618 bits per heavy atom. The lowest BCUT2D eigenvalue weighted by Crippen LogP contribution is -2.03. The van der Waals surface area contributed by atoms with Gasteiger partial charge in [0.2, 0.25) is 11.4 Å². The molecule has 1 heterocycles. The Morgan fingerprint density at radius 2 is 1.24 bits per heavy atom. The van der Waals surface area contributed by atoms with Crippen molar-refractivity contribution in [3.63, 3.8) is 0 Å². The number of rotatable bonds is 14. The number of hydrogen-bond acceptors (Lipinski definition) is 0. The normalized spacial score (nSPS) is 13.9. The van der Waals surface area contributed by atoms with Crippen LogP contribution in [-0.2, 0) is 6.42 Å². The van der Waals surface area contributed by atoms with E-state index < -0.39 is 0 Å². The standard InChI is InChI=1S/C32H44N2/c1-5-8-10-11-12-13-22-30-29(16-7-3)31(27-20-14-17-25(4)23-27)34(33)32(30)28-21-15-19-26(24-28)18-9-6-2/h14-15,17,19-21,23-24H,5-13,16,18,22H2,1-4H3. The molecule has 2 aromatic rings. The van der Waals surface area contributed by atoms with Gasteiger partial charge in [0.05, 0.1) is 0 Å². The van der Waals surface area contributed by atoms with E-state index in [1.165, 1.54) is 78.3 Å². The summed E-state index contributed by atoms with van der Waals surface area (Å²) in [5.74, 6) is 0. The minimum absolute atomic E-state index is 0.987. The topological polar surface area (TPSA) is 25.3 Å². The SMILES string of the molecule is CCCCCCCCC1=C(c2cccc(CCCC)c2)[N+](=[N-])C(c2cccc(C)c2)=C1CCC. The average Bonchev–Trinajstić information content (AvgIpc) is 3.11. The lowest BCUT2D eigenvalue weighted by molar-refractivity contribution is -0.345. The molecule has 2 heteroatoms. The van der Waals surface area contributed by atoms with Crippen LogP contribution in [0.5, 0.6) is 0 Å². The van der Waals surface area contributed by atoms with Crippen molar-refractivity contribution in [1.82, 2.24) is 0 Å². The molecule has 1 aliphatic rings. The van der Waals surface area contributed by atoms with Gasteiger partial charge >= 0.3 is 0 Å². The fourth-order valence-corrected chi connectivity index (χ4v) is 5.16. The maximum atomic E-state index is 11.7. The maximum absolute atomic E-state index is 11.7. The van der Waals surface area contributed by atoms with E-state index in [1.54, 1.807) is 0 Å². The van der Waals surface area contributed by atoms with Crippen LogP contribution in [0.2, 0.25) is 0 Å². The van der Waals surface area contributed by atoms with Gasteiger partial charge in [-0.3, -0.25) is 0 Å². The Labute approximate surface area is 208 Å². The second-order valence-corrected chi connectivity index (χ2v) is 9.91. The van der Waals surface area contributed by atoms with E-state index in [4.69, 9.17) is 0 Å². The van der Waals surface area contributed by atoms with Crippen molar-refractivity contribution in [2.24, 2.45) is 0 Å². The predicted octanol–water partition coefficient (Wildman–Crippen LogP) is 10.1. The van der Waals surface area contributed by atoms with E-state index in [9.17, 15) is 5.53 Å². The summed E-state index contributed by atoms with van der Waals surface area (Å²) in [6.07, 6.45) is 14.3. The van der Waals surface area contributed by atoms with Crippen LogP contribution in [0.4, 0.5) is 0 Å². The van der Waals surface area contributed by atoms with E-state index in [-0.39, 0.29) is 0 Å². The van der Waals surface area contributed by atoms with Crippen LogP contribution in [0.1, 0.15) is 114 Å². The van der Waals surface area contributed by atoms with E-state index in [2.05, 4.69) is 76.2 Å². The zero-order valence-electron chi connectivity index (χ0n) is 22.0. The van der Waals surface area contributed by atoms with Crippen LogP contribution in [-0.4, -0.2) is 4.70 Å². The number of allylic oxidation sites excluding steroid dienone is 2. The molecular formula is C32H44N2. The summed E-state index contributed by atoms with van der Waals surface area (Å²) in [4.78, 5) is 0. The van der Waals surface area contributed by atoms with Gasteiger partial charge in [0.15, 0.2) is 0 Å². The van der Waals surface area contributed by atoms with Crippen LogP contribution in [0.25, 0.3) is 16.9 Å². The molecule has 0 radical (unpaired) electrons. The van der Waals surface area contributed by atoms with Gasteiger partial charge < -0.3 is 5.53 Å². The van der Waals surface area contributed by atoms with E-state index >= 15 is 0 Å². The fourth-order valence-electron chi connectivity index (χ4n) is 5.16. The third kappa shape index (κ3) is 6.56. The van der Waals surface area contributed by atoms with Crippen LogP contribution in [0, 0.1) is 6.92 Å². The van der Waals surface area contributed by atoms with Gasteiger partial charge in [0.25, 0.3) is 0 Å². The van der Waals surface area contributed by atoms with Crippen molar-refractivity contribution in [2.75, 3.05) is 0 Å². The highest BCUT2D eigenvalue weighted by Gasteiger charge is 2.35. The smallest absolute Gasteiger partial charge is 0.211 e. The summed E-state index contributed by atoms with van der Waals surface area (Å²) >= 11 is 0. The van der Waals surface area contributed by atoms with Gasteiger partial charge in [-0.25, -0.2) is 4.70 Å². The van der Waals surface area contributed by atoms with Crippen molar-refractivity contribution >= 4 is 11.4 Å². The molecule has 2 nitrogen and oxygen atoms in total. The molecule has 0 amide bonds. The largest absolute Gasteiger partial charge is 0.493 e. The summed E-state index contributed by atoms with van der Waals surface area (Å²) in [5, 5.41) is 0. The van der Waals surface area contributed by atoms with E-state index in [0.717, 1.165) is 48.2 Å². The Bertz CT molecular complexity index is 1020. The fraction of sp³-hybridized carbons (Fsp3) is 0.500. The van der Waals surface area contributed by atoms with Gasteiger partial charge in [0.1, 0.15) is 0 Å². The summed E-state index contributed by atoms with van der Waals surface area (Å²) in [7, 11) is 0. The van der Waals surface area contributed by atoms with Gasteiger partial charge in [-0.05, 0) is 68.9 Å². The molecule has 0 aliphatic carbocycles. The number of hydrogen-bond donors (Lipinski definition) is 0.